The van der Waals surface area contributed by atoms with Gasteiger partial charge in [0.15, 0.2) is 0 Å². The first-order valence-electron chi connectivity index (χ1n) is 7.34. The second-order valence-electron chi connectivity index (χ2n) is 4.98. The average Bonchev–Trinajstić information content (AvgIpc) is 2.56. The first-order valence-corrected chi connectivity index (χ1v) is 7.34. The molecule has 0 spiro atoms. The van der Waals surface area contributed by atoms with Crippen LogP contribution in [0.3, 0.4) is 0 Å². The fourth-order valence-electron chi connectivity index (χ4n) is 2.30. The maximum Gasteiger partial charge on any atom is 0.311 e. The van der Waals surface area contributed by atoms with Gasteiger partial charge in [0.25, 0.3) is 5.91 Å². The van der Waals surface area contributed by atoms with Crippen molar-refractivity contribution in [2.45, 2.75) is 13.8 Å². The van der Waals surface area contributed by atoms with Gasteiger partial charge < -0.3 is 14.8 Å². The van der Waals surface area contributed by atoms with Gasteiger partial charge in [-0.1, -0.05) is 6.07 Å². The number of nitro groups is 1. The Balaban J connectivity index is 2.29. The standard InChI is InChI=1S/C17H18N2O5/c1-4-24-15-9-8-12(10-11(15)2)18-17(20)13-6-5-7-14(19(21)22)16(13)23-3/h5-10H,4H2,1-3H3,(H,18,20). The molecule has 0 aliphatic heterocycles. The summed E-state index contributed by atoms with van der Waals surface area (Å²) >= 11 is 0. The van der Waals surface area contributed by atoms with Crippen LogP contribution in [0.1, 0.15) is 22.8 Å². The van der Waals surface area contributed by atoms with Gasteiger partial charge in [-0.3, -0.25) is 14.9 Å². The molecule has 0 aliphatic rings. The Hall–Kier alpha value is -3.09. The smallest absolute Gasteiger partial charge is 0.311 e. The minimum absolute atomic E-state index is 0.0670. The number of nitro benzene ring substituents is 1. The van der Waals surface area contributed by atoms with Crippen molar-refractivity contribution in [2.24, 2.45) is 0 Å². The molecule has 2 aromatic carbocycles. The van der Waals surface area contributed by atoms with Gasteiger partial charge >= 0.3 is 5.69 Å². The number of anilines is 1. The van der Waals surface area contributed by atoms with Crippen molar-refractivity contribution >= 4 is 17.3 Å². The minimum Gasteiger partial charge on any atom is -0.494 e. The lowest BCUT2D eigenvalue weighted by Gasteiger charge is -2.12. The number of methoxy groups -OCH3 is 1. The van der Waals surface area contributed by atoms with Crippen molar-refractivity contribution in [2.75, 3.05) is 19.0 Å². The first-order chi connectivity index (χ1) is 11.5. The number of aryl methyl sites for hydroxylation is 1. The van der Waals surface area contributed by atoms with E-state index in [9.17, 15) is 14.9 Å². The van der Waals surface area contributed by atoms with E-state index < -0.39 is 10.8 Å². The van der Waals surface area contributed by atoms with Crippen molar-refractivity contribution in [3.63, 3.8) is 0 Å². The van der Waals surface area contributed by atoms with Crippen molar-refractivity contribution in [1.29, 1.82) is 0 Å². The zero-order valence-electron chi connectivity index (χ0n) is 13.7. The van der Waals surface area contributed by atoms with E-state index in [-0.39, 0.29) is 17.0 Å². The number of hydrogen-bond donors (Lipinski definition) is 1. The predicted molar refractivity (Wildman–Crippen MR) is 89.9 cm³/mol. The topological polar surface area (TPSA) is 90.7 Å². The lowest BCUT2D eigenvalue weighted by Crippen LogP contribution is -2.14. The highest BCUT2D eigenvalue weighted by Crippen LogP contribution is 2.31. The molecule has 0 unspecified atom stereocenters. The molecule has 0 bridgehead atoms. The predicted octanol–water partition coefficient (Wildman–Crippen LogP) is 3.56. The van der Waals surface area contributed by atoms with Gasteiger partial charge in [-0.05, 0) is 43.7 Å². The molecule has 7 nitrogen and oxygen atoms in total. The third-order valence-electron chi connectivity index (χ3n) is 3.37. The zero-order valence-corrected chi connectivity index (χ0v) is 13.7. The van der Waals surface area contributed by atoms with E-state index in [1.54, 1.807) is 18.2 Å². The summed E-state index contributed by atoms with van der Waals surface area (Å²) in [6, 6.07) is 9.45. The molecule has 1 amide bonds. The number of para-hydroxylation sites is 1. The molecule has 0 aliphatic carbocycles. The zero-order chi connectivity index (χ0) is 17.7. The van der Waals surface area contributed by atoms with Gasteiger partial charge in [0.1, 0.15) is 5.75 Å². The molecule has 0 atom stereocenters. The third kappa shape index (κ3) is 3.62. The number of nitrogens with one attached hydrogen (secondary N) is 1. The Labute approximate surface area is 139 Å². The molecular formula is C17H18N2O5. The summed E-state index contributed by atoms with van der Waals surface area (Å²) in [4.78, 5) is 22.9. The van der Waals surface area contributed by atoms with E-state index in [1.165, 1.54) is 25.3 Å². The Kier molecular flexibility index (Phi) is 5.36. The van der Waals surface area contributed by atoms with Crippen LogP contribution >= 0.6 is 0 Å². The van der Waals surface area contributed by atoms with Crippen LogP contribution in [0.5, 0.6) is 11.5 Å². The highest BCUT2D eigenvalue weighted by molar-refractivity contribution is 6.07. The number of hydrogen-bond acceptors (Lipinski definition) is 5. The van der Waals surface area contributed by atoms with E-state index in [0.29, 0.717) is 12.3 Å². The SMILES string of the molecule is CCOc1ccc(NC(=O)c2cccc([N+](=O)[O-])c2OC)cc1C. The van der Waals surface area contributed by atoms with E-state index in [2.05, 4.69) is 5.32 Å². The molecule has 0 saturated heterocycles. The van der Waals surface area contributed by atoms with Gasteiger partial charge in [-0.2, -0.15) is 0 Å². The molecule has 0 radical (unpaired) electrons. The Morgan fingerprint density at radius 1 is 1.29 bits per heavy atom. The van der Waals surface area contributed by atoms with Gasteiger partial charge in [-0.15, -0.1) is 0 Å². The van der Waals surface area contributed by atoms with Crippen LogP contribution in [0.4, 0.5) is 11.4 Å². The average molecular weight is 330 g/mol. The summed E-state index contributed by atoms with van der Waals surface area (Å²) in [5, 5.41) is 13.7. The summed E-state index contributed by atoms with van der Waals surface area (Å²) in [5.74, 6) is 0.185. The highest BCUT2D eigenvalue weighted by atomic mass is 16.6. The fraction of sp³-hybridized carbons (Fsp3) is 0.235. The quantitative estimate of drug-likeness (QED) is 0.646. The van der Waals surface area contributed by atoms with Gasteiger partial charge in [-0.25, -0.2) is 0 Å². The van der Waals surface area contributed by atoms with Crippen molar-refractivity contribution in [3.8, 4) is 11.5 Å². The minimum atomic E-state index is -0.587. The molecule has 0 fully saturated rings. The molecule has 1 N–H and O–H groups in total. The molecule has 0 saturated carbocycles. The second kappa shape index (κ2) is 7.45. The van der Waals surface area contributed by atoms with E-state index in [1.807, 2.05) is 13.8 Å². The molecule has 7 heteroatoms. The number of carbonyl (C=O) groups is 1. The number of amides is 1. The van der Waals surface area contributed by atoms with E-state index in [0.717, 1.165) is 11.3 Å². The maximum atomic E-state index is 12.4. The monoisotopic (exact) mass is 330 g/mol. The van der Waals surface area contributed by atoms with Crippen molar-refractivity contribution in [1.82, 2.24) is 0 Å². The normalized spacial score (nSPS) is 10.1. The number of benzene rings is 2. The Morgan fingerprint density at radius 3 is 2.62 bits per heavy atom. The lowest BCUT2D eigenvalue weighted by atomic mass is 10.1. The maximum absolute atomic E-state index is 12.4. The molecule has 24 heavy (non-hydrogen) atoms. The van der Waals surface area contributed by atoms with Gasteiger partial charge in [0, 0.05) is 11.8 Å². The molecule has 0 heterocycles. The molecule has 2 aromatic rings. The molecule has 126 valence electrons. The summed E-state index contributed by atoms with van der Waals surface area (Å²) in [5.41, 5.74) is 1.28. The van der Waals surface area contributed by atoms with Crippen LogP contribution in [0.2, 0.25) is 0 Å². The number of carbonyl (C=O) groups excluding carboxylic acids is 1. The van der Waals surface area contributed by atoms with Gasteiger partial charge in [0.05, 0.1) is 24.2 Å². The Morgan fingerprint density at radius 2 is 2.04 bits per heavy atom. The summed E-state index contributed by atoms with van der Waals surface area (Å²) in [7, 11) is 1.29. The highest BCUT2D eigenvalue weighted by Gasteiger charge is 2.22. The van der Waals surface area contributed by atoms with Crippen molar-refractivity contribution < 1.29 is 19.2 Å². The Bertz CT molecular complexity index is 774. The van der Waals surface area contributed by atoms with Gasteiger partial charge in [0.2, 0.25) is 5.75 Å². The van der Waals surface area contributed by atoms with Crippen LogP contribution in [-0.4, -0.2) is 24.5 Å². The van der Waals surface area contributed by atoms with Crippen LogP contribution in [0, 0.1) is 17.0 Å². The summed E-state index contributed by atoms with van der Waals surface area (Å²) in [6.45, 7) is 4.32. The number of ether oxygens (including phenoxy) is 2. The first kappa shape index (κ1) is 17.3. The largest absolute Gasteiger partial charge is 0.494 e. The van der Waals surface area contributed by atoms with Crippen LogP contribution in [0.25, 0.3) is 0 Å². The second-order valence-corrected chi connectivity index (χ2v) is 4.98. The number of rotatable bonds is 6. The lowest BCUT2D eigenvalue weighted by molar-refractivity contribution is -0.385. The summed E-state index contributed by atoms with van der Waals surface area (Å²) < 4.78 is 10.5. The summed E-state index contributed by atoms with van der Waals surface area (Å²) in [6.07, 6.45) is 0. The van der Waals surface area contributed by atoms with E-state index >= 15 is 0 Å². The van der Waals surface area contributed by atoms with Crippen molar-refractivity contribution in [3.05, 3.63) is 57.6 Å². The number of nitrogens with zero attached hydrogens (tertiary/aromatic N) is 1. The molecule has 2 rings (SSSR count). The van der Waals surface area contributed by atoms with E-state index in [4.69, 9.17) is 9.47 Å². The molecule has 0 aromatic heterocycles. The molecular weight excluding hydrogens is 312 g/mol. The van der Waals surface area contributed by atoms with Crippen LogP contribution in [0.15, 0.2) is 36.4 Å². The fourth-order valence-corrected chi connectivity index (χ4v) is 2.30. The third-order valence-corrected chi connectivity index (χ3v) is 3.37. The van der Waals surface area contributed by atoms with Crippen LogP contribution in [-0.2, 0) is 0 Å². The van der Waals surface area contributed by atoms with Crippen LogP contribution < -0.4 is 14.8 Å².